The molecule has 3 aromatic rings. The number of aliphatic hydroxyl groups excluding tert-OH is 2. The Morgan fingerprint density at radius 2 is 1.21 bits per heavy atom. The van der Waals surface area contributed by atoms with Crippen molar-refractivity contribution in [1.82, 2.24) is 0 Å². The molecular formula is C24H24O2S2. The summed E-state index contributed by atoms with van der Waals surface area (Å²) >= 11 is 3.41. The minimum Gasteiger partial charge on any atom is -0.396 e. The van der Waals surface area contributed by atoms with E-state index in [4.69, 9.17) is 0 Å². The second-order valence-corrected chi connectivity index (χ2v) is 8.23. The smallest absolute Gasteiger partial charge is 0.0471 e. The van der Waals surface area contributed by atoms with Crippen LogP contribution in [0.4, 0.5) is 0 Å². The summed E-state index contributed by atoms with van der Waals surface area (Å²) in [6.07, 6.45) is 1.31. The molecule has 0 spiro atoms. The van der Waals surface area contributed by atoms with E-state index in [1.807, 2.05) is 42.5 Å². The summed E-state index contributed by atoms with van der Waals surface area (Å²) in [4.78, 5) is 3.49. The third-order valence-corrected chi connectivity index (χ3v) is 6.63. The molecule has 0 saturated carbocycles. The molecule has 0 amide bonds. The standard InChI is InChI=1S/C24H24O2S2/c25-16-14-20-10-4-6-12-22(20)27-18-24(19-8-2-1-3-9-19)28-23-13-7-5-11-21(23)15-17-26/h1-13,18,25-26H,14-17H2/b24-18+. The number of hydrogen-bond acceptors (Lipinski definition) is 4. The van der Waals surface area contributed by atoms with Crippen molar-refractivity contribution in [2.24, 2.45) is 0 Å². The highest BCUT2D eigenvalue weighted by atomic mass is 32.2. The Hall–Kier alpha value is -1.98. The van der Waals surface area contributed by atoms with Crippen LogP contribution in [0, 0.1) is 0 Å². The quantitative estimate of drug-likeness (QED) is 0.450. The van der Waals surface area contributed by atoms with Gasteiger partial charge in [-0.3, -0.25) is 0 Å². The predicted octanol–water partition coefficient (Wildman–Crippen LogP) is 5.64. The molecule has 0 aliphatic carbocycles. The molecular weight excluding hydrogens is 384 g/mol. The number of benzene rings is 3. The van der Waals surface area contributed by atoms with E-state index in [9.17, 15) is 10.2 Å². The third-order valence-electron chi connectivity index (χ3n) is 4.28. The molecule has 0 heterocycles. The summed E-state index contributed by atoms with van der Waals surface area (Å²) in [5, 5.41) is 20.9. The van der Waals surface area contributed by atoms with Crippen molar-refractivity contribution in [2.45, 2.75) is 22.6 Å². The van der Waals surface area contributed by atoms with Crippen molar-refractivity contribution in [1.29, 1.82) is 0 Å². The van der Waals surface area contributed by atoms with Crippen LogP contribution in [0.5, 0.6) is 0 Å². The predicted molar refractivity (Wildman–Crippen MR) is 121 cm³/mol. The van der Waals surface area contributed by atoms with Gasteiger partial charge in [0, 0.05) is 27.9 Å². The van der Waals surface area contributed by atoms with Gasteiger partial charge in [0.25, 0.3) is 0 Å². The Morgan fingerprint density at radius 3 is 1.86 bits per heavy atom. The van der Waals surface area contributed by atoms with Crippen LogP contribution < -0.4 is 0 Å². The molecule has 0 aliphatic rings. The summed E-state index contributed by atoms with van der Waals surface area (Å²) in [6, 6.07) is 26.8. The van der Waals surface area contributed by atoms with Crippen LogP contribution in [0.2, 0.25) is 0 Å². The van der Waals surface area contributed by atoms with E-state index >= 15 is 0 Å². The second-order valence-electron chi connectivity index (χ2n) is 6.23. The van der Waals surface area contributed by atoms with Gasteiger partial charge >= 0.3 is 0 Å². The fourth-order valence-electron chi connectivity index (χ4n) is 2.87. The third kappa shape index (κ3) is 5.76. The van der Waals surface area contributed by atoms with Crippen LogP contribution in [0.15, 0.2) is 94.1 Å². The average molecular weight is 409 g/mol. The summed E-state index contributed by atoms with van der Waals surface area (Å²) in [5.41, 5.74) is 3.48. The van der Waals surface area contributed by atoms with Crippen LogP contribution in [-0.4, -0.2) is 23.4 Å². The average Bonchev–Trinajstić information content (AvgIpc) is 2.74. The molecule has 4 heteroatoms. The van der Waals surface area contributed by atoms with Crippen molar-refractivity contribution in [3.8, 4) is 0 Å². The number of thioether (sulfide) groups is 2. The van der Waals surface area contributed by atoms with Crippen LogP contribution in [-0.2, 0) is 12.8 Å². The van der Waals surface area contributed by atoms with Crippen LogP contribution in [0.1, 0.15) is 16.7 Å². The molecule has 0 aliphatic heterocycles. The monoisotopic (exact) mass is 408 g/mol. The minimum absolute atomic E-state index is 0.144. The lowest BCUT2D eigenvalue weighted by Crippen LogP contribution is -1.93. The summed E-state index contributed by atoms with van der Waals surface area (Å²) in [6.45, 7) is 0.293. The Kier molecular flexibility index (Phi) is 8.24. The first-order valence-corrected chi connectivity index (χ1v) is 11.0. The first kappa shape index (κ1) is 20.7. The van der Waals surface area contributed by atoms with E-state index in [1.54, 1.807) is 23.5 Å². The molecule has 0 fully saturated rings. The van der Waals surface area contributed by atoms with Crippen LogP contribution >= 0.6 is 23.5 Å². The zero-order chi connectivity index (χ0) is 19.6. The molecule has 28 heavy (non-hydrogen) atoms. The molecule has 0 unspecified atom stereocenters. The van der Waals surface area contributed by atoms with Gasteiger partial charge in [0.05, 0.1) is 0 Å². The van der Waals surface area contributed by atoms with E-state index in [0.29, 0.717) is 12.8 Å². The van der Waals surface area contributed by atoms with E-state index < -0.39 is 0 Å². The molecule has 0 radical (unpaired) electrons. The molecule has 2 N–H and O–H groups in total. The van der Waals surface area contributed by atoms with Crippen molar-refractivity contribution in [3.63, 3.8) is 0 Å². The highest BCUT2D eigenvalue weighted by Gasteiger charge is 2.09. The summed E-state index contributed by atoms with van der Waals surface area (Å²) < 4.78 is 0. The van der Waals surface area contributed by atoms with E-state index in [0.717, 1.165) is 25.8 Å². The Labute approximate surface area is 175 Å². The van der Waals surface area contributed by atoms with Gasteiger partial charge in [0.15, 0.2) is 0 Å². The lowest BCUT2D eigenvalue weighted by molar-refractivity contribution is 0.298. The highest BCUT2D eigenvalue weighted by Crippen LogP contribution is 2.39. The molecule has 0 aromatic heterocycles. The summed E-state index contributed by atoms with van der Waals surface area (Å²) in [5.74, 6) is 0. The lowest BCUT2D eigenvalue weighted by Gasteiger charge is -2.12. The maximum atomic E-state index is 9.38. The first-order valence-electron chi connectivity index (χ1n) is 9.29. The Balaban J connectivity index is 1.92. The fraction of sp³-hybridized carbons (Fsp3) is 0.167. The van der Waals surface area contributed by atoms with Crippen LogP contribution in [0.3, 0.4) is 0 Å². The van der Waals surface area contributed by atoms with Crippen molar-refractivity contribution in [2.75, 3.05) is 13.2 Å². The van der Waals surface area contributed by atoms with Gasteiger partial charge in [-0.05, 0) is 47.1 Å². The SMILES string of the molecule is OCCc1ccccc1S/C=C(/Sc1ccccc1CCO)c1ccccc1. The summed E-state index contributed by atoms with van der Waals surface area (Å²) in [7, 11) is 0. The fourth-order valence-corrected chi connectivity index (χ4v) is 4.99. The second kappa shape index (κ2) is 11.1. The Morgan fingerprint density at radius 1 is 0.679 bits per heavy atom. The zero-order valence-electron chi connectivity index (χ0n) is 15.6. The van der Waals surface area contributed by atoms with E-state index in [2.05, 4.69) is 41.8 Å². The molecule has 0 atom stereocenters. The molecule has 144 valence electrons. The van der Waals surface area contributed by atoms with Gasteiger partial charge in [0.1, 0.15) is 0 Å². The lowest BCUT2D eigenvalue weighted by atomic mass is 10.2. The highest BCUT2D eigenvalue weighted by molar-refractivity contribution is 8.10. The number of rotatable bonds is 9. The topological polar surface area (TPSA) is 40.5 Å². The number of hydrogen-bond donors (Lipinski definition) is 2. The van der Waals surface area contributed by atoms with Gasteiger partial charge < -0.3 is 10.2 Å². The van der Waals surface area contributed by atoms with Crippen molar-refractivity contribution in [3.05, 3.63) is 101 Å². The Bertz CT molecular complexity index is 907. The van der Waals surface area contributed by atoms with Crippen molar-refractivity contribution < 1.29 is 10.2 Å². The first-order chi connectivity index (χ1) is 13.8. The zero-order valence-corrected chi connectivity index (χ0v) is 17.3. The van der Waals surface area contributed by atoms with Crippen LogP contribution in [0.25, 0.3) is 4.91 Å². The maximum Gasteiger partial charge on any atom is 0.0471 e. The van der Waals surface area contributed by atoms with E-state index in [-0.39, 0.29) is 13.2 Å². The normalized spacial score (nSPS) is 11.6. The maximum absolute atomic E-state index is 9.38. The molecule has 3 rings (SSSR count). The van der Waals surface area contributed by atoms with Crippen molar-refractivity contribution >= 4 is 28.4 Å². The molecule has 0 saturated heterocycles. The molecule has 2 nitrogen and oxygen atoms in total. The van der Waals surface area contributed by atoms with Gasteiger partial charge in [-0.15, -0.1) is 0 Å². The van der Waals surface area contributed by atoms with Gasteiger partial charge in [0.2, 0.25) is 0 Å². The largest absolute Gasteiger partial charge is 0.396 e. The molecule has 3 aromatic carbocycles. The van der Waals surface area contributed by atoms with Gasteiger partial charge in [-0.25, -0.2) is 0 Å². The van der Waals surface area contributed by atoms with Gasteiger partial charge in [-0.1, -0.05) is 90.3 Å². The number of aliphatic hydroxyl groups is 2. The van der Waals surface area contributed by atoms with E-state index in [1.165, 1.54) is 5.56 Å². The minimum atomic E-state index is 0.144. The molecule has 0 bridgehead atoms. The van der Waals surface area contributed by atoms with Gasteiger partial charge in [-0.2, -0.15) is 0 Å².